The molecule has 0 saturated carbocycles. The molecule has 0 aliphatic carbocycles. The average molecular weight is 389 g/mol. The van der Waals surface area contributed by atoms with Crippen LogP contribution in [0.15, 0.2) is 70.0 Å². The Hall–Kier alpha value is -3.87. The lowest BCUT2D eigenvalue weighted by Crippen LogP contribution is -2.27. The summed E-state index contributed by atoms with van der Waals surface area (Å²) in [5.74, 6) is 0.797. The molecule has 7 heteroatoms. The SMILES string of the molecule is COc1cccc(-c2cc(C(=O)NCCc3cc4ccccc4[nH]c3=O)no2)c1. The lowest BCUT2D eigenvalue weighted by molar-refractivity contribution is 0.0945. The number of ether oxygens (including phenoxy) is 1. The van der Waals surface area contributed by atoms with Gasteiger partial charge in [0.2, 0.25) is 0 Å². The van der Waals surface area contributed by atoms with Crippen LogP contribution < -0.4 is 15.6 Å². The van der Waals surface area contributed by atoms with E-state index in [1.165, 1.54) is 0 Å². The zero-order valence-electron chi connectivity index (χ0n) is 15.8. The molecule has 0 aliphatic heterocycles. The van der Waals surface area contributed by atoms with E-state index in [1.807, 2.05) is 48.5 Å². The topological polar surface area (TPSA) is 97.2 Å². The van der Waals surface area contributed by atoms with E-state index >= 15 is 0 Å². The maximum absolute atomic E-state index is 12.4. The summed E-state index contributed by atoms with van der Waals surface area (Å²) in [6, 6.07) is 18.3. The largest absolute Gasteiger partial charge is 0.497 e. The summed E-state index contributed by atoms with van der Waals surface area (Å²) in [7, 11) is 1.58. The monoisotopic (exact) mass is 389 g/mol. The van der Waals surface area contributed by atoms with Gasteiger partial charge in [0.05, 0.1) is 7.11 Å². The van der Waals surface area contributed by atoms with E-state index in [9.17, 15) is 9.59 Å². The number of hydrogen-bond acceptors (Lipinski definition) is 5. The molecule has 0 atom stereocenters. The molecule has 2 aromatic carbocycles. The normalized spacial score (nSPS) is 10.8. The van der Waals surface area contributed by atoms with Gasteiger partial charge in [-0.3, -0.25) is 9.59 Å². The van der Waals surface area contributed by atoms with Crippen molar-refractivity contribution in [1.82, 2.24) is 15.5 Å². The van der Waals surface area contributed by atoms with Crippen molar-refractivity contribution >= 4 is 16.8 Å². The van der Waals surface area contributed by atoms with E-state index in [4.69, 9.17) is 9.26 Å². The van der Waals surface area contributed by atoms with Crippen LogP contribution in [-0.2, 0) is 6.42 Å². The molecule has 0 saturated heterocycles. The number of pyridine rings is 1. The Bertz CT molecular complexity index is 1230. The number of fused-ring (bicyclic) bond motifs is 1. The van der Waals surface area contributed by atoms with Gasteiger partial charge in [-0.2, -0.15) is 0 Å². The van der Waals surface area contributed by atoms with E-state index in [2.05, 4.69) is 15.5 Å². The maximum Gasteiger partial charge on any atom is 0.273 e. The van der Waals surface area contributed by atoms with Crippen LogP contribution in [0.25, 0.3) is 22.2 Å². The summed E-state index contributed by atoms with van der Waals surface area (Å²) in [6.45, 7) is 0.307. The van der Waals surface area contributed by atoms with Crippen LogP contribution in [0.4, 0.5) is 0 Å². The number of amides is 1. The van der Waals surface area contributed by atoms with E-state index in [0.717, 1.165) is 16.5 Å². The Labute approximate surface area is 166 Å². The number of methoxy groups -OCH3 is 1. The Morgan fingerprint density at radius 3 is 2.86 bits per heavy atom. The summed E-state index contributed by atoms with van der Waals surface area (Å²) < 4.78 is 10.5. The number of H-pyrrole nitrogens is 1. The molecule has 29 heavy (non-hydrogen) atoms. The summed E-state index contributed by atoms with van der Waals surface area (Å²) in [6.07, 6.45) is 0.409. The highest BCUT2D eigenvalue weighted by Gasteiger charge is 2.14. The summed E-state index contributed by atoms with van der Waals surface area (Å²) in [5, 5.41) is 7.56. The molecule has 0 unspecified atom stereocenters. The first kappa shape index (κ1) is 18.5. The van der Waals surface area contributed by atoms with Crippen LogP contribution in [0, 0.1) is 0 Å². The zero-order chi connectivity index (χ0) is 20.2. The number of rotatable bonds is 6. The third kappa shape index (κ3) is 4.03. The Balaban J connectivity index is 1.41. The third-order valence-corrected chi connectivity index (χ3v) is 4.61. The number of carbonyl (C=O) groups is 1. The van der Waals surface area contributed by atoms with E-state index in [1.54, 1.807) is 19.2 Å². The second-order valence-electron chi connectivity index (χ2n) is 6.53. The fraction of sp³-hybridized carbons (Fsp3) is 0.136. The number of nitrogens with one attached hydrogen (secondary N) is 2. The van der Waals surface area contributed by atoms with Crippen molar-refractivity contribution in [1.29, 1.82) is 0 Å². The van der Waals surface area contributed by atoms with Gasteiger partial charge < -0.3 is 19.6 Å². The van der Waals surface area contributed by atoms with E-state index in [-0.39, 0.29) is 17.2 Å². The number of hydrogen-bond donors (Lipinski definition) is 2. The van der Waals surface area contributed by atoms with E-state index < -0.39 is 0 Å². The summed E-state index contributed by atoms with van der Waals surface area (Å²) in [5.41, 5.74) is 2.19. The van der Waals surface area contributed by atoms with Gasteiger partial charge in [-0.1, -0.05) is 35.5 Å². The number of aromatic amines is 1. The van der Waals surface area contributed by atoms with Crippen LogP contribution >= 0.6 is 0 Å². The van der Waals surface area contributed by atoms with Gasteiger partial charge in [0.1, 0.15) is 5.75 Å². The number of carbonyl (C=O) groups excluding carboxylic acids is 1. The minimum atomic E-state index is -0.361. The van der Waals surface area contributed by atoms with Gasteiger partial charge in [0.15, 0.2) is 11.5 Å². The molecule has 7 nitrogen and oxygen atoms in total. The van der Waals surface area contributed by atoms with Gasteiger partial charge in [-0.05, 0) is 36.1 Å². The first-order valence-corrected chi connectivity index (χ1v) is 9.14. The van der Waals surface area contributed by atoms with E-state index in [0.29, 0.717) is 30.0 Å². The van der Waals surface area contributed by atoms with Gasteiger partial charge >= 0.3 is 0 Å². The Kier molecular flexibility index (Phi) is 5.11. The molecule has 146 valence electrons. The van der Waals surface area contributed by atoms with Crippen molar-refractivity contribution in [2.75, 3.05) is 13.7 Å². The van der Waals surface area contributed by atoms with Crippen molar-refractivity contribution in [2.45, 2.75) is 6.42 Å². The highest BCUT2D eigenvalue weighted by molar-refractivity contribution is 5.93. The summed E-state index contributed by atoms with van der Waals surface area (Å²) >= 11 is 0. The second-order valence-corrected chi connectivity index (χ2v) is 6.53. The number of nitrogens with zero attached hydrogens (tertiary/aromatic N) is 1. The van der Waals surface area contributed by atoms with Crippen molar-refractivity contribution in [2.24, 2.45) is 0 Å². The van der Waals surface area contributed by atoms with Crippen LogP contribution in [0.5, 0.6) is 5.75 Å². The second kappa shape index (κ2) is 8.02. The van der Waals surface area contributed by atoms with Crippen LogP contribution in [0.3, 0.4) is 0 Å². The molecule has 2 heterocycles. The standard InChI is InChI=1S/C22H19N3O4/c1-28-17-7-4-6-15(12-17)20-13-19(25-29-20)22(27)23-10-9-16-11-14-5-2-3-8-18(14)24-21(16)26/h2-8,11-13H,9-10H2,1H3,(H,23,27)(H,24,26). The fourth-order valence-corrected chi connectivity index (χ4v) is 3.07. The number of aromatic nitrogens is 2. The first-order chi connectivity index (χ1) is 14.1. The predicted octanol–water partition coefficient (Wildman–Crippen LogP) is 3.16. The molecule has 4 aromatic rings. The molecular weight excluding hydrogens is 370 g/mol. The molecule has 0 radical (unpaired) electrons. The Morgan fingerprint density at radius 1 is 1.14 bits per heavy atom. The van der Waals surface area contributed by atoms with Crippen molar-refractivity contribution in [3.63, 3.8) is 0 Å². The van der Waals surface area contributed by atoms with Crippen molar-refractivity contribution in [3.05, 3.63) is 82.3 Å². The Morgan fingerprint density at radius 2 is 2.00 bits per heavy atom. The predicted molar refractivity (Wildman–Crippen MR) is 109 cm³/mol. The molecule has 2 aromatic heterocycles. The average Bonchev–Trinajstić information content (AvgIpc) is 3.24. The molecule has 0 aliphatic rings. The third-order valence-electron chi connectivity index (χ3n) is 4.61. The van der Waals surface area contributed by atoms with Gasteiger partial charge in [-0.15, -0.1) is 0 Å². The zero-order valence-corrected chi connectivity index (χ0v) is 15.8. The highest BCUT2D eigenvalue weighted by atomic mass is 16.5. The molecule has 2 N–H and O–H groups in total. The quantitative estimate of drug-likeness (QED) is 0.528. The fourth-order valence-electron chi connectivity index (χ4n) is 3.07. The molecule has 0 bridgehead atoms. The lowest BCUT2D eigenvalue weighted by Gasteiger charge is -2.04. The molecular formula is C22H19N3O4. The first-order valence-electron chi connectivity index (χ1n) is 9.14. The summed E-state index contributed by atoms with van der Waals surface area (Å²) in [4.78, 5) is 27.4. The number of benzene rings is 2. The number of para-hydroxylation sites is 1. The molecule has 4 rings (SSSR count). The van der Waals surface area contributed by atoms with Crippen LogP contribution in [-0.4, -0.2) is 29.7 Å². The van der Waals surface area contributed by atoms with Crippen molar-refractivity contribution < 1.29 is 14.1 Å². The van der Waals surface area contributed by atoms with Crippen LogP contribution in [0.2, 0.25) is 0 Å². The van der Waals surface area contributed by atoms with Gasteiger partial charge in [0.25, 0.3) is 11.5 Å². The minimum Gasteiger partial charge on any atom is -0.497 e. The van der Waals surface area contributed by atoms with Gasteiger partial charge in [-0.25, -0.2) is 0 Å². The molecule has 1 amide bonds. The lowest BCUT2D eigenvalue weighted by atomic mass is 10.1. The smallest absolute Gasteiger partial charge is 0.273 e. The maximum atomic E-state index is 12.4. The van der Waals surface area contributed by atoms with Crippen molar-refractivity contribution in [3.8, 4) is 17.1 Å². The van der Waals surface area contributed by atoms with Crippen LogP contribution in [0.1, 0.15) is 16.1 Å². The highest BCUT2D eigenvalue weighted by Crippen LogP contribution is 2.24. The molecule has 0 spiro atoms. The molecule has 0 fully saturated rings. The minimum absolute atomic E-state index is 0.153. The van der Waals surface area contributed by atoms with Gasteiger partial charge in [0, 0.05) is 29.3 Å².